The maximum absolute atomic E-state index is 4.17. The van der Waals surface area contributed by atoms with E-state index in [1.54, 1.807) is 0 Å². The van der Waals surface area contributed by atoms with Crippen molar-refractivity contribution in [2.24, 2.45) is 0 Å². The monoisotopic (exact) mass is 291 g/mol. The van der Waals surface area contributed by atoms with Crippen molar-refractivity contribution in [1.82, 2.24) is 4.37 Å². The highest BCUT2D eigenvalue weighted by Crippen LogP contribution is 2.29. The molecule has 4 heteroatoms. The van der Waals surface area contributed by atoms with Crippen LogP contribution in [0.2, 0.25) is 0 Å². The lowest BCUT2D eigenvalue weighted by molar-refractivity contribution is 1.52. The van der Waals surface area contributed by atoms with Crippen molar-refractivity contribution in [3.8, 4) is 0 Å². The molecule has 0 fully saturated rings. The van der Waals surface area contributed by atoms with Gasteiger partial charge in [-0.15, -0.1) is 0 Å². The zero-order chi connectivity index (χ0) is 7.84. The first kappa shape index (κ1) is 7.71. The Kier molecular flexibility index (Phi) is 1.99. The molecule has 1 heterocycles. The summed E-state index contributed by atoms with van der Waals surface area (Å²) in [5, 5.41) is 1.17. The predicted octanol–water partition coefficient (Wildman–Crippen LogP) is 3.82. The van der Waals surface area contributed by atoms with Crippen LogP contribution >= 0.6 is 43.4 Å². The van der Waals surface area contributed by atoms with E-state index in [1.165, 1.54) is 21.6 Å². The fourth-order valence-corrected chi connectivity index (χ4v) is 2.58. The Hall–Kier alpha value is 0.0700. The highest BCUT2D eigenvalue weighted by molar-refractivity contribution is 9.11. The van der Waals surface area contributed by atoms with Gasteiger partial charge in [0.15, 0.2) is 0 Å². The van der Waals surface area contributed by atoms with Crippen molar-refractivity contribution in [3.05, 3.63) is 27.3 Å². The molecule has 56 valence electrons. The van der Waals surface area contributed by atoms with Gasteiger partial charge < -0.3 is 0 Å². The summed E-state index contributed by atoms with van der Waals surface area (Å²) < 4.78 is 7.40. The molecule has 1 aromatic heterocycles. The number of fused-ring (bicyclic) bond motifs is 1. The van der Waals surface area contributed by atoms with Crippen molar-refractivity contribution in [2.45, 2.75) is 0 Å². The third-order valence-corrected chi connectivity index (χ3v) is 3.55. The Bertz CT molecular complexity index is 396. The molecule has 1 aromatic carbocycles. The zero-order valence-corrected chi connectivity index (χ0v) is 9.33. The summed E-state index contributed by atoms with van der Waals surface area (Å²) in [5.41, 5.74) is 0. The third kappa shape index (κ3) is 1.35. The average Bonchev–Trinajstić information content (AvgIpc) is 2.33. The summed E-state index contributed by atoms with van der Waals surface area (Å²) >= 11 is 8.29. The minimum absolute atomic E-state index is 0.929. The van der Waals surface area contributed by atoms with E-state index >= 15 is 0 Å². The summed E-state index contributed by atoms with van der Waals surface area (Å²) in [7, 11) is 0. The van der Waals surface area contributed by atoms with Gasteiger partial charge in [0.05, 0.1) is 4.70 Å². The Morgan fingerprint density at radius 2 is 2.09 bits per heavy atom. The number of hydrogen-bond acceptors (Lipinski definition) is 2. The fourth-order valence-electron chi connectivity index (χ4n) is 0.881. The number of benzene rings is 1. The lowest BCUT2D eigenvalue weighted by atomic mass is 10.3. The molecule has 0 N–H and O–H groups in total. The average molecular weight is 293 g/mol. The summed E-state index contributed by atoms with van der Waals surface area (Å²) in [6.45, 7) is 0. The molecular weight excluding hydrogens is 290 g/mol. The minimum Gasteiger partial charge on any atom is -0.184 e. The van der Waals surface area contributed by atoms with Crippen molar-refractivity contribution in [3.63, 3.8) is 0 Å². The van der Waals surface area contributed by atoms with E-state index in [4.69, 9.17) is 0 Å². The van der Waals surface area contributed by atoms with Crippen LogP contribution in [0.1, 0.15) is 0 Å². The molecule has 1 nitrogen and oxygen atoms in total. The SMILES string of the molecule is Brc1ccc2snc(Br)c2c1. The van der Waals surface area contributed by atoms with E-state index in [2.05, 4.69) is 48.4 Å². The van der Waals surface area contributed by atoms with Gasteiger partial charge in [-0.2, -0.15) is 4.37 Å². The van der Waals surface area contributed by atoms with Crippen LogP contribution in [-0.2, 0) is 0 Å². The van der Waals surface area contributed by atoms with Gasteiger partial charge in [0.1, 0.15) is 4.60 Å². The zero-order valence-electron chi connectivity index (χ0n) is 5.34. The lowest BCUT2D eigenvalue weighted by Gasteiger charge is -1.89. The van der Waals surface area contributed by atoms with Crippen LogP contribution in [-0.4, -0.2) is 4.37 Å². The van der Waals surface area contributed by atoms with Crippen LogP contribution in [0.25, 0.3) is 10.1 Å². The maximum atomic E-state index is 4.17. The topological polar surface area (TPSA) is 12.9 Å². The minimum atomic E-state index is 0.929. The van der Waals surface area contributed by atoms with E-state index in [9.17, 15) is 0 Å². The van der Waals surface area contributed by atoms with Crippen LogP contribution < -0.4 is 0 Å². The van der Waals surface area contributed by atoms with Crippen molar-refractivity contribution >= 4 is 53.5 Å². The quantitative estimate of drug-likeness (QED) is 0.719. The second kappa shape index (κ2) is 2.84. The van der Waals surface area contributed by atoms with E-state index in [0.717, 1.165) is 9.08 Å². The second-order valence-corrected chi connectivity index (χ2v) is 4.59. The van der Waals surface area contributed by atoms with E-state index in [0.29, 0.717) is 0 Å². The van der Waals surface area contributed by atoms with E-state index in [-0.39, 0.29) is 0 Å². The molecule has 0 saturated carbocycles. The Balaban J connectivity index is 2.87. The molecule has 0 atom stereocenters. The molecule has 0 saturated heterocycles. The molecule has 0 spiro atoms. The van der Waals surface area contributed by atoms with Crippen molar-refractivity contribution < 1.29 is 0 Å². The van der Waals surface area contributed by atoms with Gasteiger partial charge >= 0.3 is 0 Å². The van der Waals surface area contributed by atoms with Gasteiger partial charge in [0.25, 0.3) is 0 Å². The van der Waals surface area contributed by atoms with Gasteiger partial charge in [-0.05, 0) is 45.7 Å². The van der Waals surface area contributed by atoms with E-state index < -0.39 is 0 Å². The first-order valence-electron chi connectivity index (χ1n) is 2.98. The van der Waals surface area contributed by atoms with Crippen LogP contribution in [0.15, 0.2) is 27.3 Å². The number of hydrogen-bond donors (Lipinski definition) is 0. The molecule has 11 heavy (non-hydrogen) atoms. The normalized spacial score (nSPS) is 10.7. The summed E-state index contributed by atoms with van der Waals surface area (Å²) in [4.78, 5) is 0. The van der Waals surface area contributed by atoms with Gasteiger partial charge in [-0.1, -0.05) is 15.9 Å². The summed E-state index contributed by atoms with van der Waals surface area (Å²) in [6, 6.07) is 6.14. The molecule has 0 amide bonds. The molecule has 0 radical (unpaired) electrons. The largest absolute Gasteiger partial charge is 0.184 e. The molecule has 0 bridgehead atoms. The number of rotatable bonds is 0. The lowest BCUT2D eigenvalue weighted by Crippen LogP contribution is -1.65. The fraction of sp³-hybridized carbons (Fsp3) is 0. The number of nitrogens with zero attached hydrogens (tertiary/aromatic N) is 1. The molecule has 2 rings (SSSR count). The predicted molar refractivity (Wildman–Crippen MR) is 55.0 cm³/mol. The Morgan fingerprint density at radius 3 is 2.91 bits per heavy atom. The van der Waals surface area contributed by atoms with Crippen molar-refractivity contribution in [1.29, 1.82) is 0 Å². The molecule has 0 aliphatic heterocycles. The molecule has 0 unspecified atom stereocenters. The van der Waals surface area contributed by atoms with Gasteiger partial charge in [0.2, 0.25) is 0 Å². The third-order valence-electron chi connectivity index (χ3n) is 1.39. The number of aromatic nitrogens is 1. The molecular formula is C7H3Br2NS. The van der Waals surface area contributed by atoms with E-state index in [1.807, 2.05) is 6.07 Å². The molecule has 0 aliphatic carbocycles. The molecule has 2 aromatic rings. The summed E-state index contributed by atoms with van der Waals surface area (Å²) in [5.74, 6) is 0. The van der Waals surface area contributed by atoms with Gasteiger partial charge in [0, 0.05) is 9.86 Å². The Morgan fingerprint density at radius 1 is 1.27 bits per heavy atom. The molecule has 0 aliphatic rings. The van der Waals surface area contributed by atoms with Crippen LogP contribution in [0.3, 0.4) is 0 Å². The van der Waals surface area contributed by atoms with Gasteiger partial charge in [-0.25, -0.2) is 0 Å². The number of halogens is 2. The van der Waals surface area contributed by atoms with Crippen molar-refractivity contribution in [2.75, 3.05) is 0 Å². The van der Waals surface area contributed by atoms with Gasteiger partial charge in [-0.3, -0.25) is 0 Å². The smallest absolute Gasteiger partial charge is 0.127 e. The Labute approximate surface area is 84.8 Å². The first-order valence-corrected chi connectivity index (χ1v) is 5.34. The summed E-state index contributed by atoms with van der Waals surface area (Å²) in [6.07, 6.45) is 0. The first-order chi connectivity index (χ1) is 5.27. The maximum Gasteiger partial charge on any atom is 0.127 e. The second-order valence-electron chi connectivity index (χ2n) is 2.11. The van der Waals surface area contributed by atoms with Crippen LogP contribution in [0.5, 0.6) is 0 Å². The highest BCUT2D eigenvalue weighted by atomic mass is 79.9. The highest BCUT2D eigenvalue weighted by Gasteiger charge is 2.01. The standard InChI is InChI=1S/C7H3Br2NS/c8-4-1-2-6-5(3-4)7(9)10-11-6/h1-3H. The van der Waals surface area contributed by atoms with Crippen LogP contribution in [0, 0.1) is 0 Å². The van der Waals surface area contributed by atoms with Crippen LogP contribution in [0.4, 0.5) is 0 Å².